The number of anilines is 1. The highest BCUT2D eigenvalue weighted by Crippen LogP contribution is 2.29. The van der Waals surface area contributed by atoms with E-state index in [9.17, 15) is 0 Å². The van der Waals surface area contributed by atoms with Crippen LogP contribution < -0.4 is 10.6 Å². The lowest BCUT2D eigenvalue weighted by atomic mass is 9.96. The lowest BCUT2D eigenvalue weighted by Crippen LogP contribution is -2.46. The first-order chi connectivity index (χ1) is 9.69. The van der Waals surface area contributed by atoms with Crippen molar-refractivity contribution in [2.45, 2.75) is 19.4 Å². The van der Waals surface area contributed by atoms with E-state index in [1.54, 1.807) is 12.4 Å². The summed E-state index contributed by atoms with van der Waals surface area (Å²) in [6.45, 7) is 4.00. The fourth-order valence-electron chi connectivity index (χ4n) is 2.98. The van der Waals surface area contributed by atoms with Gasteiger partial charge in [0.15, 0.2) is 0 Å². The van der Waals surface area contributed by atoms with Crippen LogP contribution in [0.3, 0.4) is 0 Å². The molecule has 0 bridgehead atoms. The number of benzene rings is 1. The van der Waals surface area contributed by atoms with E-state index in [0.29, 0.717) is 17.0 Å². The Morgan fingerprint density at radius 1 is 1.25 bits per heavy atom. The van der Waals surface area contributed by atoms with Gasteiger partial charge in [-0.15, -0.1) is 0 Å². The molecule has 102 valence electrons. The van der Waals surface area contributed by atoms with Crippen molar-refractivity contribution in [3.63, 3.8) is 0 Å². The van der Waals surface area contributed by atoms with Gasteiger partial charge in [0.25, 0.3) is 0 Å². The Morgan fingerprint density at radius 3 is 2.70 bits per heavy atom. The highest BCUT2D eigenvalue weighted by atomic mass is 15.2. The minimum absolute atomic E-state index is 0.182. The van der Waals surface area contributed by atoms with Crippen LogP contribution in [0.5, 0.6) is 0 Å². The van der Waals surface area contributed by atoms with Crippen LogP contribution in [0, 0.1) is 17.2 Å². The molecule has 0 radical (unpaired) electrons. The van der Waals surface area contributed by atoms with Crippen LogP contribution in [0.1, 0.15) is 18.9 Å². The van der Waals surface area contributed by atoms with Gasteiger partial charge in [-0.1, -0.05) is 6.92 Å². The Balaban J connectivity index is 2.11. The molecule has 1 saturated heterocycles. The van der Waals surface area contributed by atoms with Gasteiger partial charge in [0.05, 0.1) is 11.3 Å². The molecule has 0 amide bonds. The quantitative estimate of drug-likeness (QED) is 0.850. The summed E-state index contributed by atoms with van der Waals surface area (Å²) >= 11 is 0. The molecule has 3 rings (SSSR count). The average Bonchev–Trinajstić information content (AvgIpc) is 2.45. The third-order valence-corrected chi connectivity index (χ3v) is 3.76. The molecule has 20 heavy (non-hydrogen) atoms. The third kappa shape index (κ3) is 2.19. The van der Waals surface area contributed by atoms with Crippen LogP contribution in [0.15, 0.2) is 24.5 Å². The molecule has 1 fully saturated rings. The first kappa shape index (κ1) is 12.8. The zero-order chi connectivity index (χ0) is 14.1. The van der Waals surface area contributed by atoms with Gasteiger partial charge in [-0.2, -0.15) is 5.26 Å². The molecule has 2 heterocycles. The number of nitriles is 1. The maximum Gasteiger partial charge on any atom is 0.113 e. The van der Waals surface area contributed by atoms with Gasteiger partial charge in [0.1, 0.15) is 17.1 Å². The standard InChI is InChI=1S/C15H17N5/c1-10-6-12(17)9-20(8-10)13-3-2-11(7-16)14-15(13)19-5-4-18-14/h2-5,10,12H,6,8-9,17H2,1H3/t10-,12-/m1/s1. The van der Waals surface area contributed by atoms with Crippen molar-refractivity contribution in [1.82, 2.24) is 9.97 Å². The van der Waals surface area contributed by atoms with Gasteiger partial charge in [0.2, 0.25) is 0 Å². The fourth-order valence-corrected chi connectivity index (χ4v) is 2.98. The summed E-state index contributed by atoms with van der Waals surface area (Å²) in [4.78, 5) is 11.0. The minimum atomic E-state index is 0.182. The zero-order valence-electron chi connectivity index (χ0n) is 11.5. The summed E-state index contributed by atoms with van der Waals surface area (Å²) in [5.74, 6) is 0.557. The molecular formula is C15H17N5. The van der Waals surface area contributed by atoms with E-state index in [2.05, 4.69) is 27.9 Å². The summed E-state index contributed by atoms with van der Waals surface area (Å²) < 4.78 is 0. The van der Waals surface area contributed by atoms with Crippen LogP contribution in [-0.2, 0) is 0 Å². The summed E-state index contributed by atoms with van der Waals surface area (Å²) in [6, 6.07) is 6.13. The lowest BCUT2D eigenvalue weighted by molar-refractivity contribution is 0.402. The number of fused-ring (bicyclic) bond motifs is 1. The van der Waals surface area contributed by atoms with E-state index in [4.69, 9.17) is 11.0 Å². The topological polar surface area (TPSA) is 78.8 Å². The normalized spacial score (nSPS) is 22.8. The second kappa shape index (κ2) is 5.06. The number of nitrogens with zero attached hydrogens (tertiary/aromatic N) is 4. The number of rotatable bonds is 1. The summed E-state index contributed by atoms with van der Waals surface area (Å²) in [7, 11) is 0. The monoisotopic (exact) mass is 267 g/mol. The van der Waals surface area contributed by atoms with Gasteiger partial charge in [-0.25, -0.2) is 0 Å². The molecule has 1 aromatic carbocycles. The molecule has 1 aliphatic rings. The Labute approximate surface area is 118 Å². The van der Waals surface area contributed by atoms with E-state index in [0.717, 1.165) is 30.7 Å². The highest BCUT2D eigenvalue weighted by molar-refractivity contribution is 5.91. The number of hydrogen-bond acceptors (Lipinski definition) is 5. The second-order valence-electron chi connectivity index (χ2n) is 5.50. The van der Waals surface area contributed by atoms with Gasteiger partial charge in [-0.05, 0) is 24.5 Å². The summed E-state index contributed by atoms with van der Waals surface area (Å²) in [6.07, 6.45) is 4.34. The molecule has 2 N–H and O–H groups in total. The first-order valence-corrected chi connectivity index (χ1v) is 6.83. The lowest BCUT2D eigenvalue weighted by Gasteiger charge is -2.36. The van der Waals surface area contributed by atoms with Crippen molar-refractivity contribution < 1.29 is 0 Å². The predicted octanol–water partition coefficient (Wildman–Crippen LogP) is 1.67. The maximum absolute atomic E-state index is 9.17. The molecule has 0 aliphatic carbocycles. The van der Waals surface area contributed by atoms with E-state index in [1.165, 1.54) is 0 Å². The molecule has 2 atom stereocenters. The Kier molecular flexibility index (Phi) is 3.25. The van der Waals surface area contributed by atoms with Crippen molar-refractivity contribution in [3.05, 3.63) is 30.1 Å². The van der Waals surface area contributed by atoms with Crippen LogP contribution in [0.2, 0.25) is 0 Å². The van der Waals surface area contributed by atoms with E-state index >= 15 is 0 Å². The van der Waals surface area contributed by atoms with Crippen molar-refractivity contribution in [2.75, 3.05) is 18.0 Å². The fraction of sp³-hybridized carbons (Fsp3) is 0.400. The Morgan fingerprint density at radius 2 is 2.00 bits per heavy atom. The minimum Gasteiger partial charge on any atom is -0.368 e. The molecule has 5 nitrogen and oxygen atoms in total. The van der Waals surface area contributed by atoms with E-state index < -0.39 is 0 Å². The SMILES string of the molecule is C[C@@H]1C[C@@H](N)CN(c2ccc(C#N)c3nccnc23)C1. The number of nitrogens with two attached hydrogens (primary N) is 1. The molecule has 0 spiro atoms. The molecule has 0 unspecified atom stereocenters. The van der Waals surface area contributed by atoms with Gasteiger partial charge >= 0.3 is 0 Å². The second-order valence-corrected chi connectivity index (χ2v) is 5.50. The molecule has 5 heteroatoms. The Hall–Kier alpha value is -2.19. The summed E-state index contributed by atoms with van der Waals surface area (Å²) in [5, 5.41) is 9.17. The van der Waals surface area contributed by atoms with Gasteiger partial charge < -0.3 is 10.6 Å². The third-order valence-electron chi connectivity index (χ3n) is 3.76. The van der Waals surface area contributed by atoms with E-state index in [-0.39, 0.29) is 6.04 Å². The number of piperidine rings is 1. The van der Waals surface area contributed by atoms with Crippen molar-refractivity contribution in [3.8, 4) is 6.07 Å². The van der Waals surface area contributed by atoms with E-state index in [1.807, 2.05) is 12.1 Å². The van der Waals surface area contributed by atoms with Crippen molar-refractivity contribution >= 4 is 16.7 Å². The molecular weight excluding hydrogens is 250 g/mol. The molecule has 2 aromatic rings. The zero-order valence-corrected chi connectivity index (χ0v) is 11.5. The predicted molar refractivity (Wildman–Crippen MR) is 78.2 cm³/mol. The number of hydrogen-bond donors (Lipinski definition) is 1. The Bertz CT molecular complexity index is 666. The van der Waals surface area contributed by atoms with Crippen LogP contribution in [-0.4, -0.2) is 29.1 Å². The van der Waals surface area contributed by atoms with Gasteiger partial charge in [0, 0.05) is 31.5 Å². The number of aromatic nitrogens is 2. The molecule has 0 saturated carbocycles. The van der Waals surface area contributed by atoms with Crippen molar-refractivity contribution in [2.24, 2.45) is 11.7 Å². The van der Waals surface area contributed by atoms with Gasteiger partial charge in [-0.3, -0.25) is 9.97 Å². The maximum atomic E-state index is 9.17. The molecule has 1 aromatic heterocycles. The molecule has 1 aliphatic heterocycles. The largest absolute Gasteiger partial charge is 0.368 e. The van der Waals surface area contributed by atoms with Crippen LogP contribution >= 0.6 is 0 Å². The average molecular weight is 267 g/mol. The first-order valence-electron chi connectivity index (χ1n) is 6.83. The highest BCUT2D eigenvalue weighted by Gasteiger charge is 2.24. The smallest absolute Gasteiger partial charge is 0.113 e. The van der Waals surface area contributed by atoms with Crippen LogP contribution in [0.4, 0.5) is 5.69 Å². The summed E-state index contributed by atoms with van der Waals surface area (Å²) in [5.41, 5.74) is 9.16. The van der Waals surface area contributed by atoms with Crippen molar-refractivity contribution in [1.29, 1.82) is 5.26 Å². The van der Waals surface area contributed by atoms with Crippen LogP contribution in [0.25, 0.3) is 11.0 Å².